The van der Waals surface area contributed by atoms with Crippen LogP contribution in [-0.4, -0.2) is 15.3 Å². The Bertz CT molecular complexity index is 1130. The van der Waals surface area contributed by atoms with Crippen molar-refractivity contribution in [1.82, 2.24) is 14.7 Å². The van der Waals surface area contributed by atoms with Crippen LogP contribution in [0.25, 0.3) is 16.2 Å². The van der Waals surface area contributed by atoms with E-state index in [0.717, 1.165) is 34.0 Å². The molecular formula is C20H14ClF2N3OS. The number of benzene rings is 2. The van der Waals surface area contributed by atoms with E-state index in [1.54, 1.807) is 12.1 Å². The lowest BCUT2D eigenvalue weighted by Crippen LogP contribution is -2.26. The minimum Gasteiger partial charge on any atom is -0.351 e. The molecule has 0 unspecified atom stereocenters. The fourth-order valence-corrected chi connectivity index (χ4v) is 3.83. The van der Waals surface area contributed by atoms with Crippen LogP contribution in [0.1, 0.15) is 11.3 Å². The van der Waals surface area contributed by atoms with Crippen molar-refractivity contribution >= 4 is 33.8 Å². The zero-order chi connectivity index (χ0) is 19.7. The van der Waals surface area contributed by atoms with E-state index in [1.807, 2.05) is 28.1 Å². The van der Waals surface area contributed by atoms with Crippen molar-refractivity contribution in [3.8, 4) is 11.3 Å². The van der Waals surface area contributed by atoms with Gasteiger partial charge in [-0.15, -0.1) is 11.3 Å². The molecule has 142 valence electrons. The Labute approximate surface area is 168 Å². The van der Waals surface area contributed by atoms with Gasteiger partial charge in [-0.3, -0.25) is 9.20 Å². The first-order valence-corrected chi connectivity index (χ1v) is 9.68. The van der Waals surface area contributed by atoms with Gasteiger partial charge in [-0.1, -0.05) is 29.8 Å². The Kier molecular flexibility index (Phi) is 5.11. The average molecular weight is 418 g/mol. The summed E-state index contributed by atoms with van der Waals surface area (Å²) in [6, 6.07) is 11.0. The fourth-order valence-electron chi connectivity index (χ4n) is 2.83. The van der Waals surface area contributed by atoms with Gasteiger partial charge in [-0.05, 0) is 24.3 Å². The Morgan fingerprint density at radius 1 is 1.14 bits per heavy atom. The number of amides is 1. The third kappa shape index (κ3) is 3.76. The van der Waals surface area contributed by atoms with E-state index in [1.165, 1.54) is 17.4 Å². The fraction of sp³-hybridized carbons (Fsp3) is 0.100. The van der Waals surface area contributed by atoms with Crippen molar-refractivity contribution in [2.45, 2.75) is 13.0 Å². The third-order valence-corrected chi connectivity index (χ3v) is 5.43. The van der Waals surface area contributed by atoms with Crippen LogP contribution in [0.3, 0.4) is 0 Å². The molecule has 2 aromatic heterocycles. The van der Waals surface area contributed by atoms with Gasteiger partial charge in [0, 0.05) is 40.0 Å². The molecular weight excluding hydrogens is 404 g/mol. The predicted octanol–water partition coefficient (Wildman–Crippen LogP) is 4.85. The van der Waals surface area contributed by atoms with Crippen LogP contribution >= 0.6 is 22.9 Å². The molecule has 0 fully saturated rings. The number of carbonyl (C=O) groups is 1. The molecule has 0 bridgehead atoms. The van der Waals surface area contributed by atoms with Gasteiger partial charge in [0.1, 0.15) is 11.6 Å². The highest BCUT2D eigenvalue weighted by molar-refractivity contribution is 7.15. The summed E-state index contributed by atoms with van der Waals surface area (Å²) in [5.74, 6) is -1.69. The average Bonchev–Trinajstić information content (AvgIpc) is 3.24. The highest BCUT2D eigenvalue weighted by Crippen LogP contribution is 2.25. The number of nitrogens with zero attached hydrogens (tertiary/aromatic N) is 2. The summed E-state index contributed by atoms with van der Waals surface area (Å²) in [5, 5.41) is 5.06. The number of hydrogen-bond donors (Lipinski definition) is 1. The summed E-state index contributed by atoms with van der Waals surface area (Å²) in [6.45, 7) is -0.204. The first-order valence-electron chi connectivity index (χ1n) is 8.42. The van der Waals surface area contributed by atoms with Crippen LogP contribution in [0.4, 0.5) is 8.78 Å². The highest BCUT2D eigenvalue weighted by Gasteiger charge is 2.14. The van der Waals surface area contributed by atoms with Crippen LogP contribution in [0.15, 0.2) is 54.0 Å². The molecule has 4 nitrogen and oxygen atoms in total. The summed E-state index contributed by atoms with van der Waals surface area (Å²) in [7, 11) is 0. The van der Waals surface area contributed by atoms with Crippen LogP contribution < -0.4 is 5.32 Å². The molecule has 2 aromatic carbocycles. The standard InChI is InChI=1S/C20H14ClF2N3OS/c21-13-6-4-12(5-7-13)18-10-26-14(11-28-20(26)25-18)8-19(27)24-9-15-16(22)2-1-3-17(15)23/h1-7,10-11H,8-9H2,(H,24,27). The number of carbonyl (C=O) groups excluding carboxylic acids is 1. The molecule has 2 heterocycles. The Morgan fingerprint density at radius 2 is 1.86 bits per heavy atom. The van der Waals surface area contributed by atoms with E-state index in [0.29, 0.717) is 5.02 Å². The van der Waals surface area contributed by atoms with Crippen LogP contribution in [0.5, 0.6) is 0 Å². The second kappa shape index (κ2) is 7.69. The van der Waals surface area contributed by atoms with E-state index in [9.17, 15) is 13.6 Å². The van der Waals surface area contributed by atoms with E-state index < -0.39 is 11.6 Å². The van der Waals surface area contributed by atoms with Crippen LogP contribution in [0.2, 0.25) is 5.02 Å². The zero-order valence-electron chi connectivity index (χ0n) is 14.5. The van der Waals surface area contributed by atoms with Gasteiger partial charge in [-0.25, -0.2) is 13.8 Å². The molecule has 0 saturated carbocycles. The molecule has 1 amide bonds. The van der Waals surface area contributed by atoms with E-state index in [2.05, 4.69) is 10.3 Å². The molecule has 0 radical (unpaired) electrons. The molecule has 0 aliphatic rings. The lowest BCUT2D eigenvalue weighted by molar-refractivity contribution is -0.120. The minimum absolute atomic E-state index is 0.0759. The molecule has 28 heavy (non-hydrogen) atoms. The largest absolute Gasteiger partial charge is 0.351 e. The summed E-state index contributed by atoms with van der Waals surface area (Å²) >= 11 is 7.34. The maximum atomic E-state index is 13.7. The molecule has 0 atom stereocenters. The number of fused-ring (bicyclic) bond motifs is 1. The number of thiazole rings is 1. The lowest BCUT2D eigenvalue weighted by Gasteiger charge is -2.07. The molecule has 0 saturated heterocycles. The predicted molar refractivity (Wildman–Crippen MR) is 105 cm³/mol. The molecule has 0 spiro atoms. The minimum atomic E-state index is -0.680. The highest BCUT2D eigenvalue weighted by atomic mass is 35.5. The SMILES string of the molecule is O=C(Cc1csc2nc(-c3ccc(Cl)cc3)cn12)NCc1c(F)cccc1F. The lowest BCUT2D eigenvalue weighted by atomic mass is 10.2. The smallest absolute Gasteiger partial charge is 0.226 e. The molecule has 4 rings (SSSR count). The normalized spacial score (nSPS) is 11.1. The molecule has 4 aromatic rings. The maximum absolute atomic E-state index is 13.7. The van der Waals surface area contributed by atoms with Gasteiger partial charge in [0.05, 0.1) is 12.1 Å². The maximum Gasteiger partial charge on any atom is 0.226 e. The van der Waals surface area contributed by atoms with Crippen molar-refractivity contribution in [3.63, 3.8) is 0 Å². The summed E-state index contributed by atoms with van der Waals surface area (Å²) in [6.07, 6.45) is 1.93. The van der Waals surface area contributed by atoms with Crippen molar-refractivity contribution in [2.75, 3.05) is 0 Å². The Hall–Kier alpha value is -2.77. The molecule has 1 N–H and O–H groups in total. The van der Waals surface area contributed by atoms with Gasteiger partial charge in [-0.2, -0.15) is 0 Å². The summed E-state index contributed by atoms with van der Waals surface area (Å²) in [5.41, 5.74) is 2.29. The third-order valence-electron chi connectivity index (χ3n) is 4.29. The van der Waals surface area contributed by atoms with Crippen molar-refractivity contribution in [1.29, 1.82) is 0 Å². The first kappa shape index (κ1) is 18.6. The summed E-state index contributed by atoms with van der Waals surface area (Å²) in [4.78, 5) is 17.6. The number of nitrogens with one attached hydrogen (secondary N) is 1. The Morgan fingerprint density at radius 3 is 2.57 bits per heavy atom. The van der Waals surface area contributed by atoms with E-state index >= 15 is 0 Å². The summed E-state index contributed by atoms with van der Waals surface area (Å²) < 4.78 is 29.2. The number of aromatic nitrogens is 2. The Balaban J connectivity index is 1.48. The van der Waals surface area contributed by atoms with Gasteiger partial charge in [0.2, 0.25) is 5.91 Å². The monoisotopic (exact) mass is 417 g/mol. The quantitative estimate of drug-likeness (QED) is 0.504. The van der Waals surface area contributed by atoms with Gasteiger partial charge in [0.15, 0.2) is 4.96 Å². The van der Waals surface area contributed by atoms with Crippen molar-refractivity contribution in [2.24, 2.45) is 0 Å². The number of imidazole rings is 1. The van der Waals surface area contributed by atoms with Crippen molar-refractivity contribution < 1.29 is 13.6 Å². The number of halogens is 3. The first-order chi connectivity index (χ1) is 13.5. The van der Waals surface area contributed by atoms with Gasteiger partial charge < -0.3 is 5.32 Å². The topological polar surface area (TPSA) is 46.4 Å². The van der Waals surface area contributed by atoms with Crippen LogP contribution in [-0.2, 0) is 17.8 Å². The molecule has 8 heteroatoms. The zero-order valence-corrected chi connectivity index (χ0v) is 16.0. The molecule has 0 aliphatic heterocycles. The van der Waals surface area contributed by atoms with Gasteiger partial charge in [0.25, 0.3) is 0 Å². The van der Waals surface area contributed by atoms with Crippen LogP contribution in [0, 0.1) is 11.6 Å². The van der Waals surface area contributed by atoms with E-state index in [-0.39, 0.29) is 24.4 Å². The second-order valence-electron chi connectivity index (χ2n) is 6.17. The van der Waals surface area contributed by atoms with Gasteiger partial charge >= 0.3 is 0 Å². The molecule has 0 aliphatic carbocycles. The van der Waals surface area contributed by atoms with Crippen molar-refractivity contribution in [3.05, 3.63) is 82.0 Å². The number of rotatable bonds is 5. The second-order valence-corrected chi connectivity index (χ2v) is 7.44. The van der Waals surface area contributed by atoms with E-state index in [4.69, 9.17) is 11.6 Å². The number of hydrogen-bond acceptors (Lipinski definition) is 3.